The van der Waals surface area contributed by atoms with Crippen LogP contribution in [-0.2, 0) is 10.5 Å². The standard InChI is InChI=1S/C14H20BrNO8/c1-4-5-24-12(17)16-14(20,21)13(18,19)8-6-11(23-3)9(15)7-10(8)22-2/h6-7,18-21H,4-5H2,1-3H3,(H,16,17). The molecular weight excluding hydrogens is 390 g/mol. The number of aliphatic hydroxyl groups is 4. The second-order valence-electron chi connectivity index (χ2n) is 4.79. The van der Waals surface area contributed by atoms with Gasteiger partial charge in [-0.15, -0.1) is 0 Å². The van der Waals surface area contributed by atoms with E-state index in [2.05, 4.69) is 20.7 Å². The Morgan fingerprint density at radius 3 is 2.25 bits per heavy atom. The van der Waals surface area contributed by atoms with Crippen LogP contribution >= 0.6 is 15.9 Å². The van der Waals surface area contributed by atoms with E-state index in [4.69, 9.17) is 9.47 Å². The van der Waals surface area contributed by atoms with Gasteiger partial charge in [-0.2, -0.15) is 0 Å². The Bertz CT molecular complexity index is 590. The predicted molar refractivity (Wildman–Crippen MR) is 85.3 cm³/mol. The molecule has 0 radical (unpaired) electrons. The largest absolute Gasteiger partial charge is 0.496 e. The van der Waals surface area contributed by atoms with Gasteiger partial charge in [0.15, 0.2) is 0 Å². The Kier molecular flexibility index (Phi) is 6.81. The fourth-order valence-corrected chi connectivity index (χ4v) is 2.27. The number of alkyl carbamates (subject to hydrolysis) is 1. The number of benzene rings is 1. The molecule has 9 nitrogen and oxygen atoms in total. The number of methoxy groups -OCH3 is 2. The average Bonchev–Trinajstić information content (AvgIpc) is 2.51. The number of hydrogen-bond acceptors (Lipinski definition) is 8. The Morgan fingerprint density at radius 2 is 1.75 bits per heavy atom. The van der Waals surface area contributed by atoms with Crippen LogP contribution in [0.15, 0.2) is 16.6 Å². The van der Waals surface area contributed by atoms with Gasteiger partial charge in [0.05, 0.1) is 30.9 Å². The topological polar surface area (TPSA) is 138 Å². The van der Waals surface area contributed by atoms with Crippen molar-refractivity contribution in [1.29, 1.82) is 0 Å². The van der Waals surface area contributed by atoms with E-state index >= 15 is 0 Å². The van der Waals surface area contributed by atoms with Gasteiger partial charge in [-0.25, -0.2) is 4.79 Å². The molecule has 0 aliphatic carbocycles. The molecule has 0 fully saturated rings. The maximum absolute atomic E-state index is 11.5. The first-order valence-electron chi connectivity index (χ1n) is 6.87. The molecule has 1 rings (SSSR count). The fraction of sp³-hybridized carbons (Fsp3) is 0.500. The number of carbonyl (C=O) groups excluding carboxylic acids is 1. The van der Waals surface area contributed by atoms with Crippen LogP contribution in [0, 0.1) is 0 Å². The van der Waals surface area contributed by atoms with Crippen LogP contribution < -0.4 is 14.8 Å². The lowest BCUT2D eigenvalue weighted by Crippen LogP contribution is -2.63. The van der Waals surface area contributed by atoms with E-state index in [1.165, 1.54) is 20.3 Å². The van der Waals surface area contributed by atoms with Crippen molar-refractivity contribution in [3.8, 4) is 11.5 Å². The van der Waals surface area contributed by atoms with Gasteiger partial charge in [-0.05, 0) is 34.5 Å². The van der Waals surface area contributed by atoms with Gasteiger partial charge < -0.3 is 34.6 Å². The summed E-state index contributed by atoms with van der Waals surface area (Å²) in [6, 6.07) is 2.45. The third-order valence-corrected chi connectivity index (χ3v) is 3.67. The van der Waals surface area contributed by atoms with E-state index in [-0.39, 0.29) is 18.1 Å². The van der Waals surface area contributed by atoms with Gasteiger partial charge in [-0.1, -0.05) is 6.92 Å². The Balaban J connectivity index is 3.23. The van der Waals surface area contributed by atoms with Crippen molar-refractivity contribution in [2.24, 2.45) is 0 Å². The minimum atomic E-state index is -3.47. The van der Waals surface area contributed by atoms with E-state index in [1.54, 1.807) is 12.2 Å². The summed E-state index contributed by atoms with van der Waals surface area (Å²) in [6.45, 7) is 1.75. The molecule has 0 unspecified atom stereocenters. The van der Waals surface area contributed by atoms with Crippen LogP contribution in [0.4, 0.5) is 4.79 Å². The van der Waals surface area contributed by atoms with Crippen molar-refractivity contribution < 1.29 is 39.4 Å². The Hall–Kier alpha value is -1.59. The zero-order valence-electron chi connectivity index (χ0n) is 13.4. The van der Waals surface area contributed by atoms with Gasteiger partial charge in [0.1, 0.15) is 11.5 Å². The van der Waals surface area contributed by atoms with Gasteiger partial charge >= 0.3 is 12.0 Å². The lowest BCUT2D eigenvalue weighted by Gasteiger charge is -2.35. The summed E-state index contributed by atoms with van der Waals surface area (Å²) in [5.41, 5.74) is -0.453. The molecule has 0 saturated heterocycles. The average molecular weight is 410 g/mol. The van der Waals surface area contributed by atoms with Crippen molar-refractivity contribution in [2.75, 3.05) is 20.8 Å². The predicted octanol–water partition coefficient (Wildman–Crippen LogP) is 0.378. The van der Waals surface area contributed by atoms with E-state index in [1.807, 2.05) is 0 Å². The van der Waals surface area contributed by atoms with Crippen molar-refractivity contribution in [1.82, 2.24) is 5.32 Å². The zero-order chi connectivity index (χ0) is 18.5. The molecule has 0 bridgehead atoms. The van der Waals surface area contributed by atoms with Crippen LogP contribution in [0.3, 0.4) is 0 Å². The first kappa shape index (κ1) is 20.5. The summed E-state index contributed by atoms with van der Waals surface area (Å²) >= 11 is 3.19. The van der Waals surface area contributed by atoms with E-state index in [0.717, 1.165) is 6.07 Å². The highest BCUT2D eigenvalue weighted by Gasteiger charge is 2.52. The molecule has 0 aliphatic rings. The maximum Gasteiger partial charge on any atom is 0.411 e. The van der Waals surface area contributed by atoms with Crippen molar-refractivity contribution in [3.05, 3.63) is 22.2 Å². The lowest BCUT2D eigenvalue weighted by atomic mass is 10.0. The van der Waals surface area contributed by atoms with Gasteiger partial charge in [0, 0.05) is 0 Å². The summed E-state index contributed by atoms with van der Waals surface area (Å²) in [5.74, 6) is -6.73. The molecule has 1 amide bonds. The molecule has 10 heteroatoms. The monoisotopic (exact) mass is 409 g/mol. The molecule has 0 heterocycles. The lowest BCUT2D eigenvalue weighted by molar-refractivity contribution is -0.375. The summed E-state index contributed by atoms with van der Waals surface area (Å²) in [5, 5.41) is 42.0. The molecule has 1 aromatic rings. The minimum Gasteiger partial charge on any atom is -0.496 e. The second-order valence-corrected chi connectivity index (χ2v) is 5.65. The summed E-state index contributed by atoms with van der Waals surface area (Å²) in [6.07, 6.45) is -0.740. The highest BCUT2D eigenvalue weighted by molar-refractivity contribution is 9.10. The number of hydrogen-bond donors (Lipinski definition) is 5. The molecule has 1 aromatic carbocycles. The highest BCUT2D eigenvalue weighted by Crippen LogP contribution is 2.40. The fourth-order valence-electron chi connectivity index (χ4n) is 1.78. The van der Waals surface area contributed by atoms with Crippen LogP contribution in [0.2, 0.25) is 0 Å². The number of carbonyl (C=O) groups is 1. The van der Waals surface area contributed by atoms with Gasteiger partial charge in [0.2, 0.25) is 0 Å². The van der Waals surface area contributed by atoms with Gasteiger partial charge in [0.25, 0.3) is 5.79 Å². The molecule has 0 aromatic heterocycles. The molecule has 0 aliphatic heterocycles. The SMILES string of the molecule is CCCOC(=O)NC(O)(O)C(O)(O)c1cc(OC)c(Br)cc1OC. The quantitative estimate of drug-likeness (QED) is 0.407. The third kappa shape index (κ3) is 4.28. The molecule has 24 heavy (non-hydrogen) atoms. The maximum atomic E-state index is 11.5. The van der Waals surface area contributed by atoms with E-state index in [9.17, 15) is 25.2 Å². The highest BCUT2D eigenvalue weighted by atomic mass is 79.9. The molecule has 5 N–H and O–H groups in total. The normalized spacial score (nSPS) is 11.8. The van der Waals surface area contributed by atoms with E-state index < -0.39 is 23.4 Å². The Labute approximate surface area is 146 Å². The summed E-state index contributed by atoms with van der Waals surface area (Å²) < 4.78 is 15.1. The number of nitrogens with one attached hydrogen (secondary N) is 1. The minimum absolute atomic E-state index is 0.0151. The van der Waals surface area contributed by atoms with Crippen LogP contribution in [0.5, 0.6) is 11.5 Å². The summed E-state index contributed by atoms with van der Waals surface area (Å²) in [7, 11) is 2.57. The van der Waals surface area contributed by atoms with E-state index in [0.29, 0.717) is 10.9 Å². The van der Waals surface area contributed by atoms with Crippen molar-refractivity contribution in [3.63, 3.8) is 0 Å². The number of halogens is 1. The first-order valence-corrected chi connectivity index (χ1v) is 7.66. The Morgan fingerprint density at radius 1 is 1.17 bits per heavy atom. The second kappa shape index (κ2) is 7.99. The summed E-state index contributed by atoms with van der Waals surface area (Å²) in [4.78, 5) is 11.5. The van der Waals surface area contributed by atoms with Crippen LogP contribution in [-0.4, -0.2) is 53.3 Å². The van der Waals surface area contributed by atoms with Crippen molar-refractivity contribution >= 4 is 22.0 Å². The van der Waals surface area contributed by atoms with Gasteiger partial charge in [-0.3, -0.25) is 5.32 Å². The number of ether oxygens (including phenoxy) is 3. The number of amides is 1. The van der Waals surface area contributed by atoms with Crippen LogP contribution in [0.25, 0.3) is 0 Å². The molecule has 0 spiro atoms. The molecule has 0 saturated carbocycles. The van der Waals surface area contributed by atoms with Crippen molar-refractivity contribution in [2.45, 2.75) is 25.0 Å². The third-order valence-electron chi connectivity index (χ3n) is 3.05. The molecule has 0 atom stereocenters. The smallest absolute Gasteiger partial charge is 0.411 e. The molecular formula is C14H20BrNO8. The first-order chi connectivity index (χ1) is 11.1. The molecule has 136 valence electrons. The zero-order valence-corrected chi connectivity index (χ0v) is 15.0. The van der Waals surface area contributed by atoms with Crippen LogP contribution in [0.1, 0.15) is 18.9 Å². The number of rotatable bonds is 7.